The first-order chi connectivity index (χ1) is 12.6. The van der Waals surface area contributed by atoms with Gasteiger partial charge in [0.15, 0.2) is 11.5 Å². The molecule has 2 amide bonds. The van der Waals surface area contributed by atoms with Gasteiger partial charge in [0.1, 0.15) is 5.76 Å². The number of ether oxygens (including phenoxy) is 2. The van der Waals surface area contributed by atoms with E-state index in [-0.39, 0.29) is 23.7 Å². The van der Waals surface area contributed by atoms with E-state index in [2.05, 4.69) is 10.6 Å². The van der Waals surface area contributed by atoms with E-state index in [0.29, 0.717) is 36.8 Å². The van der Waals surface area contributed by atoms with Gasteiger partial charge in [-0.05, 0) is 36.2 Å². The predicted octanol–water partition coefficient (Wildman–Crippen LogP) is 1.87. The zero-order chi connectivity index (χ0) is 18.5. The van der Waals surface area contributed by atoms with E-state index >= 15 is 0 Å². The Morgan fingerprint density at radius 2 is 1.73 bits per heavy atom. The Hall–Kier alpha value is -2.96. The molecule has 1 aliphatic carbocycles. The number of hydrogen-bond donors (Lipinski definition) is 2. The van der Waals surface area contributed by atoms with Crippen molar-refractivity contribution < 1.29 is 23.5 Å². The number of rotatable bonds is 8. The van der Waals surface area contributed by atoms with Crippen molar-refractivity contribution in [3.63, 3.8) is 0 Å². The van der Waals surface area contributed by atoms with Gasteiger partial charge in [-0.1, -0.05) is 6.07 Å². The van der Waals surface area contributed by atoms with E-state index in [4.69, 9.17) is 13.9 Å². The molecule has 138 valence electrons. The molecule has 2 atom stereocenters. The quantitative estimate of drug-likeness (QED) is 0.752. The van der Waals surface area contributed by atoms with Crippen LogP contribution in [0.5, 0.6) is 11.5 Å². The van der Waals surface area contributed by atoms with Crippen LogP contribution in [0.15, 0.2) is 41.0 Å². The molecular formula is C19H22N2O5. The summed E-state index contributed by atoms with van der Waals surface area (Å²) < 4.78 is 15.6. The normalized spacial score (nSPS) is 18.1. The maximum Gasteiger partial charge on any atom is 0.224 e. The Kier molecular flexibility index (Phi) is 5.46. The summed E-state index contributed by atoms with van der Waals surface area (Å²) in [7, 11) is 3.14. The molecule has 1 aliphatic rings. The molecule has 7 heteroatoms. The number of nitrogens with one attached hydrogen (secondary N) is 2. The molecule has 0 aliphatic heterocycles. The summed E-state index contributed by atoms with van der Waals surface area (Å²) >= 11 is 0. The van der Waals surface area contributed by atoms with E-state index in [1.807, 2.05) is 12.1 Å². The Bertz CT molecular complexity index is 772. The van der Waals surface area contributed by atoms with Crippen molar-refractivity contribution in [2.45, 2.75) is 19.5 Å². The summed E-state index contributed by atoms with van der Waals surface area (Å²) in [6, 6.07) is 9.04. The Morgan fingerprint density at radius 3 is 2.35 bits per heavy atom. The molecule has 26 heavy (non-hydrogen) atoms. The van der Waals surface area contributed by atoms with Crippen LogP contribution in [0.4, 0.5) is 0 Å². The van der Waals surface area contributed by atoms with Crippen LogP contribution in [-0.2, 0) is 22.7 Å². The number of hydrogen-bond acceptors (Lipinski definition) is 5. The molecule has 1 heterocycles. The van der Waals surface area contributed by atoms with Crippen LogP contribution in [0.3, 0.4) is 0 Å². The summed E-state index contributed by atoms with van der Waals surface area (Å²) in [5.74, 6) is 1.17. The van der Waals surface area contributed by atoms with Crippen molar-refractivity contribution >= 4 is 11.8 Å². The molecule has 0 spiro atoms. The minimum atomic E-state index is -0.272. The van der Waals surface area contributed by atoms with Gasteiger partial charge in [-0.25, -0.2) is 0 Å². The van der Waals surface area contributed by atoms with Crippen molar-refractivity contribution in [1.82, 2.24) is 10.6 Å². The molecule has 1 fully saturated rings. The van der Waals surface area contributed by atoms with E-state index in [9.17, 15) is 9.59 Å². The highest BCUT2D eigenvalue weighted by molar-refractivity contribution is 5.92. The first-order valence-corrected chi connectivity index (χ1v) is 8.41. The first-order valence-electron chi connectivity index (χ1n) is 8.41. The van der Waals surface area contributed by atoms with Gasteiger partial charge in [0, 0.05) is 6.54 Å². The Morgan fingerprint density at radius 1 is 1.04 bits per heavy atom. The molecule has 7 nitrogen and oxygen atoms in total. The number of carbonyl (C=O) groups excluding carboxylic acids is 2. The van der Waals surface area contributed by atoms with Crippen molar-refractivity contribution in [1.29, 1.82) is 0 Å². The highest BCUT2D eigenvalue weighted by Crippen LogP contribution is 2.39. The van der Waals surface area contributed by atoms with Crippen molar-refractivity contribution in [3.8, 4) is 11.5 Å². The number of benzene rings is 1. The maximum absolute atomic E-state index is 12.2. The fourth-order valence-corrected chi connectivity index (χ4v) is 2.80. The minimum Gasteiger partial charge on any atom is -0.493 e. The molecule has 0 bridgehead atoms. The van der Waals surface area contributed by atoms with Crippen LogP contribution in [0.25, 0.3) is 0 Å². The van der Waals surface area contributed by atoms with Gasteiger partial charge in [-0.2, -0.15) is 0 Å². The molecule has 1 aromatic heterocycles. The van der Waals surface area contributed by atoms with Crippen molar-refractivity contribution in [3.05, 3.63) is 47.9 Å². The van der Waals surface area contributed by atoms with Crippen LogP contribution in [0.2, 0.25) is 0 Å². The van der Waals surface area contributed by atoms with Gasteiger partial charge in [0.05, 0.1) is 38.9 Å². The lowest BCUT2D eigenvalue weighted by molar-refractivity contribution is -0.127. The van der Waals surface area contributed by atoms with Crippen LogP contribution in [-0.4, -0.2) is 26.0 Å². The standard InChI is InChI=1S/C19H22N2O5/c1-24-16-6-5-12(8-17(16)25-2)10-20-18(22)14-9-15(14)19(23)21-11-13-4-3-7-26-13/h3-8,14-15H,9-11H2,1-2H3,(H,20,22)(H,21,23). The number of carbonyl (C=O) groups is 2. The smallest absolute Gasteiger partial charge is 0.224 e. The fourth-order valence-electron chi connectivity index (χ4n) is 2.80. The van der Waals surface area contributed by atoms with E-state index in [1.54, 1.807) is 38.7 Å². The summed E-state index contributed by atoms with van der Waals surface area (Å²) in [6.07, 6.45) is 2.13. The first kappa shape index (κ1) is 17.8. The number of methoxy groups -OCH3 is 2. The lowest BCUT2D eigenvalue weighted by atomic mass is 10.2. The van der Waals surface area contributed by atoms with Gasteiger partial charge >= 0.3 is 0 Å². The number of amides is 2. The number of furan rings is 1. The third kappa shape index (κ3) is 4.17. The average molecular weight is 358 g/mol. The van der Waals surface area contributed by atoms with Gasteiger partial charge < -0.3 is 24.5 Å². The zero-order valence-corrected chi connectivity index (χ0v) is 14.8. The highest BCUT2D eigenvalue weighted by atomic mass is 16.5. The van der Waals surface area contributed by atoms with E-state index < -0.39 is 0 Å². The van der Waals surface area contributed by atoms with Gasteiger partial charge in [-0.3, -0.25) is 9.59 Å². The van der Waals surface area contributed by atoms with Crippen LogP contribution in [0, 0.1) is 11.8 Å². The molecule has 3 rings (SSSR count). The largest absolute Gasteiger partial charge is 0.493 e. The van der Waals surface area contributed by atoms with E-state index in [0.717, 1.165) is 5.56 Å². The fraction of sp³-hybridized carbons (Fsp3) is 0.368. The monoisotopic (exact) mass is 358 g/mol. The summed E-state index contributed by atoms with van der Waals surface area (Å²) in [6.45, 7) is 0.707. The predicted molar refractivity (Wildman–Crippen MR) is 93.5 cm³/mol. The summed E-state index contributed by atoms with van der Waals surface area (Å²) in [5, 5.41) is 5.66. The van der Waals surface area contributed by atoms with Crippen LogP contribution < -0.4 is 20.1 Å². The summed E-state index contributed by atoms with van der Waals surface area (Å²) in [4.78, 5) is 24.3. The third-order valence-electron chi connectivity index (χ3n) is 4.40. The molecule has 1 aromatic carbocycles. The van der Waals surface area contributed by atoms with Gasteiger partial charge in [0.2, 0.25) is 11.8 Å². The highest BCUT2D eigenvalue weighted by Gasteiger charge is 2.47. The second-order valence-corrected chi connectivity index (χ2v) is 6.15. The average Bonchev–Trinajstić information content (AvgIpc) is 3.31. The second kappa shape index (κ2) is 7.95. The molecule has 2 N–H and O–H groups in total. The van der Waals surface area contributed by atoms with Gasteiger partial charge in [0.25, 0.3) is 0 Å². The zero-order valence-electron chi connectivity index (χ0n) is 14.8. The third-order valence-corrected chi connectivity index (χ3v) is 4.40. The van der Waals surface area contributed by atoms with Crippen LogP contribution >= 0.6 is 0 Å². The molecule has 0 saturated heterocycles. The SMILES string of the molecule is COc1ccc(CNC(=O)C2CC2C(=O)NCc2ccco2)cc1OC. The molecule has 2 aromatic rings. The molecular weight excluding hydrogens is 336 g/mol. The molecule has 1 saturated carbocycles. The van der Waals surface area contributed by atoms with Gasteiger partial charge in [-0.15, -0.1) is 0 Å². The van der Waals surface area contributed by atoms with Crippen molar-refractivity contribution in [2.75, 3.05) is 14.2 Å². The summed E-state index contributed by atoms with van der Waals surface area (Å²) in [5.41, 5.74) is 0.899. The van der Waals surface area contributed by atoms with Crippen molar-refractivity contribution in [2.24, 2.45) is 11.8 Å². The Balaban J connectivity index is 1.45. The van der Waals surface area contributed by atoms with E-state index in [1.165, 1.54) is 0 Å². The minimum absolute atomic E-state index is 0.113. The second-order valence-electron chi connectivity index (χ2n) is 6.15. The lowest BCUT2D eigenvalue weighted by Gasteiger charge is -2.10. The molecule has 0 radical (unpaired) electrons. The Labute approximate surface area is 151 Å². The topological polar surface area (TPSA) is 89.8 Å². The lowest BCUT2D eigenvalue weighted by Crippen LogP contribution is -2.29. The van der Waals surface area contributed by atoms with Crippen LogP contribution in [0.1, 0.15) is 17.7 Å². The maximum atomic E-state index is 12.2. The molecule has 2 unspecified atom stereocenters.